The molecule has 1 N–H and O–H groups in total. The monoisotopic (exact) mass is 201 g/mol. The van der Waals surface area contributed by atoms with E-state index in [4.69, 9.17) is 5.11 Å². The van der Waals surface area contributed by atoms with Crippen molar-refractivity contribution in [1.82, 2.24) is 4.90 Å². The third-order valence-electron chi connectivity index (χ3n) is 2.95. The highest BCUT2D eigenvalue weighted by molar-refractivity contribution is 4.65. The molecule has 2 nitrogen and oxygen atoms in total. The van der Waals surface area contributed by atoms with Crippen molar-refractivity contribution in [2.75, 3.05) is 13.6 Å². The van der Waals surface area contributed by atoms with E-state index in [1.165, 1.54) is 25.8 Å². The average Bonchev–Trinajstić information content (AvgIpc) is 2.14. The van der Waals surface area contributed by atoms with Crippen LogP contribution < -0.4 is 0 Å². The molecule has 0 aromatic rings. The van der Waals surface area contributed by atoms with Gasteiger partial charge in [0.1, 0.15) is 0 Å². The van der Waals surface area contributed by atoms with Crippen molar-refractivity contribution in [2.24, 2.45) is 0 Å². The third kappa shape index (κ3) is 6.39. The van der Waals surface area contributed by atoms with Crippen LogP contribution in [0.5, 0.6) is 0 Å². The normalized spacial score (nSPS) is 13.9. The van der Waals surface area contributed by atoms with Gasteiger partial charge < -0.3 is 10.0 Å². The highest BCUT2D eigenvalue weighted by atomic mass is 16.3. The Labute approximate surface area is 89.3 Å². The van der Waals surface area contributed by atoms with E-state index >= 15 is 0 Å². The first-order chi connectivity index (χ1) is 6.61. The summed E-state index contributed by atoms with van der Waals surface area (Å²) in [5, 5.41) is 9.11. The first-order valence-corrected chi connectivity index (χ1v) is 6.00. The summed E-state index contributed by atoms with van der Waals surface area (Å²) in [6.07, 6.45) is 5.64. The van der Waals surface area contributed by atoms with E-state index in [9.17, 15) is 0 Å². The molecule has 1 atom stereocenters. The number of aliphatic hydroxyl groups excluding tert-OH is 1. The summed E-state index contributed by atoms with van der Waals surface area (Å²) in [6, 6.07) is 0.738. The van der Waals surface area contributed by atoms with Gasteiger partial charge >= 0.3 is 0 Å². The van der Waals surface area contributed by atoms with Crippen LogP contribution in [0.4, 0.5) is 0 Å². The zero-order valence-corrected chi connectivity index (χ0v) is 10.3. The van der Waals surface area contributed by atoms with Crippen molar-refractivity contribution in [3.63, 3.8) is 0 Å². The summed E-state index contributed by atoms with van der Waals surface area (Å²) in [5.74, 6) is 0. The Bertz CT molecular complexity index is 121. The van der Waals surface area contributed by atoms with Gasteiger partial charge in [-0.05, 0) is 52.6 Å². The fourth-order valence-electron chi connectivity index (χ4n) is 1.90. The van der Waals surface area contributed by atoms with E-state index in [1.807, 2.05) is 6.92 Å². The minimum atomic E-state index is -0.131. The van der Waals surface area contributed by atoms with Crippen LogP contribution >= 0.6 is 0 Å². The fraction of sp³-hybridized carbons (Fsp3) is 1.00. The van der Waals surface area contributed by atoms with Gasteiger partial charge in [-0.25, -0.2) is 0 Å². The molecule has 0 aromatic carbocycles. The summed E-state index contributed by atoms with van der Waals surface area (Å²) < 4.78 is 0. The molecule has 0 fully saturated rings. The number of hydrogen-bond donors (Lipinski definition) is 1. The molecule has 1 unspecified atom stereocenters. The number of aliphatic hydroxyl groups is 1. The first kappa shape index (κ1) is 13.9. The van der Waals surface area contributed by atoms with E-state index in [0.29, 0.717) is 0 Å². The Hall–Kier alpha value is -0.0800. The van der Waals surface area contributed by atoms with Crippen LogP contribution in [-0.4, -0.2) is 35.7 Å². The maximum atomic E-state index is 9.11. The highest BCUT2D eigenvalue weighted by Crippen LogP contribution is 2.08. The second-order valence-corrected chi connectivity index (χ2v) is 4.30. The Kier molecular flexibility index (Phi) is 8.20. The predicted octanol–water partition coefficient (Wildman–Crippen LogP) is 2.66. The van der Waals surface area contributed by atoms with E-state index < -0.39 is 0 Å². The third-order valence-corrected chi connectivity index (χ3v) is 2.95. The van der Waals surface area contributed by atoms with Crippen molar-refractivity contribution in [3.8, 4) is 0 Å². The van der Waals surface area contributed by atoms with Crippen LogP contribution in [0.25, 0.3) is 0 Å². The lowest BCUT2D eigenvalue weighted by Crippen LogP contribution is -2.31. The van der Waals surface area contributed by atoms with Crippen molar-refractivity contribution in [3.05, 3.63) is 0 Å². The molecule has 0 rings (SSSR count). The minimum Gasteiger partial charge on any atom is -0.393 e. The van der Waals surface area contributed by atoms with Gasteiger partial charge in [0.25, 0.3) is 0 Å². The summed E-state index contributed by atoms with van der Waals surface area (Å²) >= 11 is 0. The molecule has 0 aliphatic heterocycles. The van der Waals surface area contributed by atoms with Crippen LogP contribution in [0.2, 0.25) is 0 Å². The van der Waals surface area contributed by atoms with E-state index in [2.05, 4.69) is 25.8 Å². The molecule has 0 amide bonds. The molecule has 0 aliphatic carbocycles. The van der Waals surface area contributed by atoms with Crippen molar-refractivity contribution < 1.29 is 5.11 Å². The number of nitrogens with zero attached hydrogens (tertiary/aromatic N) is 1. The largest absolute Gasteiger partial charge is 0.393 e. The number of hydrogen-bond acceptors (Lipinski definition) is 2. The molecule has 0 heterocycles. The van der Waals surface area contributed by atoms with E-state index in [0.717, 1.165) is 18.9 Å². The molecular formula is C12H27NO. The van der Waals surface area contributed by atoms with Crippen LogP contribution in [0, 0.1) is 0 Å². The Balaban J connectivity index is 3.47. The molecule has 0 saturated heterocycles. The van der Waals surface area contributed by atoms with Crippen LogP contribution in [0.3, 0.4) is 0 Å². The van der Waals surface area contributed by atoms with Crippen LogP contribution in [-0.2, 0) is 0 Å². The fourth-order valence-corrected chi connectivity index (χ4v) is 1.90. The Morgan fingerprint density at radius 2 is 1.71 bits per heavy atom. The molecule has 0 radical (unpaired) electrons. The first-order valence-electron chi connectivity index (χ1n) is 6.00. The van der Waals surface area contributed by atoms with E-state index in [-0.39, 0.29) is 6.10 Å². The maximum Gasteiger partial charge on any atom is 0.0512 e. The van der Waals surface area contributed by atoms with Crippen LogP contribution in [0.1, 0.15) is 52.9 Å². The average molecular weight is 201 g/mol. The minimum absolute atomic E-state index is 0.131. The molecule has 0 aromatic heterocycles. The van der Waals surface area contributed by atoms with Gasteiger partial charge in [-0.1, -0.05) is 13.8 Å². The molecule has 14 heavy (non-hydrogen) atoms. The molecule has 0 spiro atoms. The van der Waals surface area contributed by atoms with Crippen molar-refractivity contribution >= 4 is 0 Å². The van der Waals surface area contributed by atoms with Gasteiger partial charge in [0.2, 0.25) is 0 Å². The lowest BCUT2D eigenvalue weighted by molar-refractivity contribution is 0.174. The zero-order chi connectivity index (χ0) is 11.0. The van der Waals surface area contributed by atoms with Gasteiger partial charge in [0, 0.05) is 6.04 Å². The standard InChI is InChI=1S/C12H27NO/c1-5-12(6-2)13(4)10-8-7-9-11(3)14/h11-12,14H,5-10H2,1-4H3. The molecule has 0 saturated carbocycles. The van der Waals surface area contributed by atoms with Gasteiger partial charge in [-0.15, -0.1) is 0 Å². The Morgan fingerprint density at radius 1 is 1.14 bits per heavy atom. The highest BCUT2D eigenvalue weighted by Gasteiger charge is 2.09. The summed E-state index contributed by atoms with van der Waals surface area (Å²) in [5.41, 5.74) is 0. The second-order valence-electron chi connectivity index (χ2n) is 4.30. The Morgan fingerprint density at radius 3 is 2.14 bits per heavy atom. The smallest absolute Gasteiger partial charge is 0.0512 e. The SMILES string of the molecule is CCC(CC)N(C)CCCCC(C)O. The van der Waals surface area contributed by atoms with E-state index in [1.54, 1.807) is 0 Å². The lowest BCUT2D eigenvalue weighted by Gasteiger charge is -2.25. The van der Waals surface area contributed by atoms with Gasteiger partial charge in [-0.2, -0.15) is 0 Å². The van der Waals surface area contributed by atoms with Crippen molar-refractivity contribution in [2.45, 2.75) is 65.0 Å². The topological polar surface area (TPSA) is 23.5 Å². The lowest BCUT2D eigenvalue weighted by atomic mass is 10.1. The van der Waals surface area contributed by atoms with Crippen LogP contribution in [0.15, 0.2) is 0 Å². The zero-order valence-electron chi connectivity index (χ0n) is 10.3. The van der Waals surface area contributed by atoms with Crippen molar-refractivity contribution in [1.29, 1.82) is 0 Å². The molecule has 86 valence electrons. The maximum absolute atomic E-state index is 9.11. The second kappa shape index (κ2) is 8.25. The summed E-state index contributed by atoms with van der Waals surface area (Å²) in [6.45, 7) is 7.53. The predicted molar refractivity (Wildman–Crippen MR) is 62.5 cm³/mol. The molecule has 2 heteroatoms. The number of rotatable bonds is 8. The van der Waals surface area contributed by atoms with Gasteiger partial charge in [-0.3, -0.25) is 0 Å². The molecular weight excluding hydrogens is 174 g/mol. The number of unbranched alkanes of at least 4 members (excludes halogenated alkanes) is 1. The molecule has 0 bridgehead atoms. The summed E-state index contributed by atoms with van der Waals surface area (Å²) in [4.78, 5) is 2.45. The quantitative estimate of drug-likeness (QED) is 0.610. The van der Waals surface area contributed by atoms with Gasteiger partial charge in [0.15, 0.2) is 0 Å². The summed E-state index contributed by atoms with van der Waals surface area (Å²) in [7, 11) is 2.21. The van der Waals surface area contributed by atoms with Gasteiger partial charge in [0.05, 0.1) is 6.10 Å². The molecule has 0 aliphatic rings.